The zero-order chi connectivity index (χ0) is 18.2. The normalized spacial score (nSPS) is 12.3. The molecule has 2 rings (SSSR count). The molecule has 0 saturated carbocycles. The fraction of sp³-hybridized carbons (Fsp3) is 0.450. The molecule has 144 valence electrons. The topological polar surface area (TPSA) is 41.8 Å². The van der Waals surface area contributed by atoms with Gasteiger partial charge in [-0.15, -0.1) is 24.0 Å². The number of aliphatic imine (C=N–C) groups is 1. The molecule has 0 radical (unpaired) electrons. The van der Waals surface area contributed by atoms with Crippen molar-refractivity contribution in [1.82, 2.24) is 14.8 Å². The van der Waals surface area contributed by atoms with Gasteiger partial charge in [0.15, 0.2) is 5.96 Å². The third-order valence-corrected chi connectivity index (χ3v) is 4.57. The van der Waals surface area contributed by atoms with Crippen LogP contribution in [0.15, 0.2) is 47.6 Å². The second-order valence-electron chi connectivity index (χ2n) is 6.40. The number of aromatic nitrogens is 1. The second kappa shape index (κ2) is 11.1. The molecular weight excluding hydrogens is 439 g/mol. The van der Waals surface area contributed by atoms with Gasteiger partial charge in [-0.2, -0.15) is 0 Å². The van der Waals surface area contributed by atoms with E-state index in [0.29, 0.717) is 5.92 Å². The lowest BCUT2D eigenvalue weighted by atomic mass is 9.98. The number of halogens is 1. The number of rotatable bonds is 7. The van der Waals surface area contributed by atoms with Gasteiger partial charge in [0.25, 0.3) is 0 Å². The minimum absolute atomic E-state index is 0. The van der Waals surface area contributed by atoms with Gasteiger partial charge in [0.1, 0.15) is 5.75 Å². The number of guanidine groups is 1. The SMILES string of the molecule is CN=C(NCCC(C)c1ccc(OC)cc1)N(C)Cc1cccn1C.I. The van der Waals surface area contributed by atoms with Crippen LogP contribution in [0.4, 0.5) is 0 Å². The van der Waals surface area contributed by atoms with Crippen LogP contribution < -0.4 is 10.1 Å². The van der Waals surface area contributed by atoms with Gasteiger partial charge in [0.05, 0.1) is 13.7 Å². The van der Waals surface area contributed by atoms with Gasteiger partial charge in [0, 0.05) is 39.6 Å². The Kier molecular flexibility index (Phi) is 9.54. The zero-order valence-electron chi connectivity index (χ0n) is 16.4. The lowest BCUT2D eigenvalue weighted by Crippen LogP contribution is -2.39. The van der Waals surface area contributed by atoms with Crippen molar-refractivity contribution in [2.75, 3.05) is 27.7 Å². The first-order valence-corrected chi connectivity index (χ1v) is 8.71. The molecule has 1 N–H and O–H groups in total. The monoisotopic (exact) mass is 470 g/mol. The van der Waals surface area contributed by atoms with Crippen LogP contribution >= 0.6 is 24.0 Å². The Balaban J connectivity index is 0.00000338. The molecule has 0 fully saturated rings. The molecule has 0 saturated heterocycles. The molecule has 26 heavy (non-hydrogen) atoms. The maximum absolute atomic E-state index is 5.22. The Labute approximate surface area is 174 Å². The summed E-state index contributed by atoms with van der Waals surface area (Å²) in [5.41, 5.74) is 2.59. The number of hydrogen-bond donors (Lipinski definition) is 1. The first-order chi connectivity index (χ1) is 12.0. The van der Waals surface area contributed by atoms with Crippen molar-refractivity contribution in [3.63, 3.8) is 0 Å². The number of nitrogens with one attached hydrogen (secondary N) is 1. The summed E-state index contributed by atoms with van der Waals surface area (Å²) in [6, 6.07) is 12.5. The van der Waals surface area contributed by atoms with Crippen molar-refractivity contribution in [2.45, 2.75) is 25.8 Å². The summed E-state index contributed by atoms with van der Waals surface area (Å²) in [6.07, 6.45) is 3.11. The minimum Gasteiger partial charge on any atom is -0.497 e. The van der Waals surface area contributed by atoms with E-state index >= 15 is 0 Å². The van der Waals surface area contributed by atoms with E-state index in [1.807, 2.05) is 19.2 Å². The number of nitrogens with zero attached hydrogens (tertiary/aromatic N) is 3. The largest absolute Gasteiger partial charge is 0.497 e. The number of benzene rings is 1. The number of ether oxygens (including phenoxy) is 1. The van der Waals surface area contributed by atoms with Crippen molar-refractivity contribution in [1.29, 1.82) is 0 Å². The van der Waals surface area contributed by atoms with E-state index in [4.69, 9.17) is 4.74 Å². The second-order valence-corrected chi connectivity index (χ2v) is 6.40. The maximum atomic E-state index is 5.22. The summed E-state index contributed by atoms with van der Waals surface area (Å²) < 4.78 is 7.35. The summed E-state index contributed by atoms with van der Waals surface area (Å²) in [5.74, 6) is 2.30. The van der Waals surface area contributed by atoms with Crippen molar-refractivity contribution in [3.05, 3.63) is 53.9 Å². The van der Waals surface area contributed by atoms with Crippen molar-refractivity contribution < 1.29 is 4.74 Å². The fourth-order valence-electron chi connectivity index (χ4n) is 2.86. The molecule has 0 bridgehead atoms. The molecule has 1 unspecified atom stereocenters. The van der Waals surface area contributed by atoms with Crippen LogP contribution in [0.3, 0.4) is 0 Å². The van der Waals surface area contributed by atoms with Gasteiger partial charge < -0.3 is 19.5 Å². The predicted octanol–water partition coefficient (Wildman–Crippen LogP) is 3.85. The molecule has 0 aliphatic heterocycles. The molecule has 1 aromatic heterocycles. The van der Waals surface area contributed by atoms with E-state index in [-0.39, 0.29) is 24.0 Å². The first-order valence-electron chi connectivity index (χ1n) is 8.71. The fourth-order valence-corrected chi connectivity index (χ4v) is 2.86. The van der Waals surface area contributed by atoms with Gasteiger partial charge >= 0.3 is 0 Å². The Morgan fingerprint density at radius 1 is 1.27 bits per heavy atom. The van der Waals surface area contributed by atoms with Crippen LogP contribution in [-0.2, 0) is 13.6 Å². The minimum atomic E-state index is 0. The molecular formula is C20H31IN4O. The molecule has 0 amide bonds. The Hall–Kier alpha value is -1.70. The number of hydrogen-bond acceptors (Lipinski definition) is 2. The summed E-state index contributed by atoms with van der Waals surface area (Å²) in [6.45, 7) is 3.97. The highest BCUT2D eigenvalue weighted by Crippen LogP contribution is 2.21. The Bertz CT molecular complexity index is 681. The van der Waals surface area contributed by atoms with Crippen LogP contribution in [0.1, 0.15) is 30.5 Å². The molecule has 0 spiro atoms. The standard InChI is InChI=1S/C20H30N4O.HI/c1-16(17-8-10-19(25-5)11-9-17)12-13-22-20(21-2)24(4)15-18-7-6-14-23(18)3;/h6-11,14,16H,12-13,15H2,1-5H3,(H,21,22);1H. The van der Waals surface area contributed by atoms with Gasteiger partial charge in [-0.1, -0.05) is 19.1 Å². The van der Waals surface area contributed by atoms with Crippen LogP contribution in [0.25, 0.3) is 0 Å². The lowest BCUT2D eigenvalue weighted by Gasteiger charge is -2.23. The molecule has 0 aliphatic rings. The summed E-state index contributed by atoms with van der Waals surface area (Å²) >= 11 is 0. The zero-order valence-corrected chi connectivity index (χ0v) is 18.7. The third-order valence-electron chi connectivity index (χ3n) is 4.57. The van der Waals surface area contributed by atoms with Gasteiger partial charge in [0.2, 0.25) is 0 Å². The lowest BCUT2D eigenvalue weighted by molar-refractivity contribution is 0.414. The quantitative estimate of drug-likeness (QED) is 0.380. The van der Waals surface area contributed by atoms with Crippen molar-refractivity contribution >= 4 is 29.9 Å². The highest BCUT2D eigenvalue weighted by Gasteiger charge is 2.10. The maximum Gasteiger partial charge on any atom is 0.193 e. The third kappa shape index (κ3) is 6.23. The average Bonchev–Trinajstić information content (AvgIpc) is 3.03. The van der Waals surface area contributed by atoms with Crippen LogP contribution in [-0.4, -0.2) is 43.2 Å². The van der Waals surface area contributed by atoms with E-state index in [1.54, 1.807) is 7.11 Å². The van der Waals surface area contributed by atoms with E-state index in [0.717, 1.165) is 31.2 Å². The number of methoxy groups -OCH3 is 1. The molecule has 1 aromatic carbocycles. The van der Waals surface area contributed by atoms with E-state index in [2.05, 4.69) is 71.3 Å². The van der Waals surface area contributed by atoms with Crippen molar-refractivity contribution in [2.24, 2.45) is 12.0 Å². The van der Waals surface area contributed by atoms with Gasteiger partial charge in [-0.05, 0) is 42.2 Å². The molecule has 1 heterocycles. The molecule has 2 aromatic rings. The predicted molar refractivity (Wildman–Crippen MR) is 120 cm³/mol. The Morgan fingerprint density at radius 2 is 1.96 bits per heavy atom. The molecule has 5 nitrogen and oxygen atoms in total. The average molecular weight is 470 g/mol. The molecule has 1 atom stereocenters. The van der Waals surface area contributed by atoms with E-state index in [1.165, 1.54) is 11.3 Å². The van der Waals surface area contributed by atoms with Crippen LogP contribution in [0.5, 0.6) is 5.75 Å². The highest BCUT2D eigenvalue weighted by atomic mass is 127. The van der Waals surface area contributed by atoms with Crippen LogP contribution in [0, 0.1) is 0 Å². The van der Waals surface area contributed by atoms with Crippen molar-refractivity contribution in [3.8, 4) is 5.75 Å². The van der Waals surface area contributed by atoms with Gasteiger partial charge in [-0.25, -0.2) is 0 Å². The highest BCUT2D eigenvalue weighted by molar-refractivity contribution is 14.0. The Morgan fingerprint density at radius 3 is 2.50 bits per heavy atom. The molecule has 0 aliphatic carbocycles. The van der Waals surface area contributed by atoms with E-state index in [9.17, 15) is 0 Å². The first kappa shape index (κ1) is 22.3. The summed E-state index contributed by atoms with van der Waals surface area (Å²) in [7, 11) is 7.65. The summed E-state index contributed by atoms with van der Waals surface area (Å²) in [5, 5.41) is 3.47. The summed E-state index contributed by atoms with van der Waals surface area (Å²) in [4.78, 5) is 6.54. The van der Waals surface area contributed by atoms with Gasteiger partial charge in [-0.3, -0.25) is 4.99 Å². The van der Waals surface area contributed by atoms with Crippen LogP contribution in [0.2, 0.25) is 0 Å². The van der Waals surface area contributed by atoms with E-state index < -0.39 is 0 Å². The number of aryl methyl sites for hydroxylation is 1. The smallest absolute Gasteiger partial charge is 0.193 e. The molecule has 6 heteroatoms.